The van der Waals surface area contributed by atoms with Gasteiger partial charge in [0.05, 0.1) is 6.61 Å². The number of rotatable bonds is 18. The molecule has 2 N–H and O–H groups in total. The van der Waals surface area contributed by atoms with E-state index < -0.39 is 31.3 Å². The molecule has 2 unspecified atom stereocenters. The van der Waals surface area contributed by atoms with Crippen molar-refractivity contribution in [3.63, 3.8) is 0 Å². The summed E-state index contributed by atoms with van der Waals surface area (Å²) in [4.78, 5) is 23.9. The second-order valence-electron chi connectivity index (χ2n) is 14.3. The third kappa shape index (κ3) is 16.6. The van der Waals surface area contributed by atoms with Crippen LogP contribution in [0.1, 0.15) is 66.7 Å². The van der Waals surface area contributed by atoms with Gasteiger partial charge >= 0.3 is 14.7 Å². The molecule has 0 aliphatic heterocycles. The van der Waals surface area contributed by atoms with Crippen molar-refractivity contribution in [2.24, 2.45) is 10.8 Å². The number of hydrogen-bond donors (Lipinski definition) is 2. The molecule has 0 aromatic carbocycles. The highest BCUT2D eigenvalue weighted by Crippen LogP contribution is 2.45. The second-order valence-corrected chi connectivity index (χ2v) is 26.8. The summed E-state index contributed by atoms with van der Waals surface area (Å²) >= 11 is 0. The summed E-state index contributed by atoms with van der Waals surface area (Å²) < 4.78 is 29.7. The molecule has 0 spiro atoms. The molecule has 236 valence electrons. The average Bonchev–Trinajstić information content (AvgIpc) is 2.74. The number of carbonyl (C=O) groups is 2. The first kappa shape index (κ1) is 37.3. The lowest BCUT2D eigenvalue weighted by atomic mass is 9.62. The molecule has 2 amide bonds. The van der Waals surface area contributed by atoms with E-state index in [2.05, 4.69) is 70.7 Å². The number of hydrogen-bond acceptors (Lipinski definition) is 7. The van der Waals surface area contributed by atoms with Gasteiger partial charge in [0.1, 0.15) is 0 Å². The molecule has 1 rings (SSSR count). The predicted molar refractivity (Wildman–Crippen MR) is 169 cm³/mol. The van der Waals surface area contributed by atoms with Crippen molar-refractivity contribution in [1.29, 1.82) is 0 Å². The number of nitrogens with one attached hydrogen (secondary N) is 2. The zero-order valence-corrected chi connectivity index (χ0v) is 30.4. The Labute approximate surface area is 247 Å². The highest BCUT2D eigenvalue weighted by Gasteiger charge is 2.42. The van der Waals surface area contributed by atoms with E-state index in [-0.39, 0.29) is 29.6 Å². The van der Waals surface area contributed by atoms with Crippen molar-refractivity contribution in [1.82, 2.24) is 10.6 Å². The van der Waals surface area contributed by atoms with Gasteiger partial charge in [0.15, 0.2) is 23.4 Å². The SMILES string of the molecule is CCOCCC[Si](C)(C)O[Si](C)(C)O[Si](C)(C)CCCOCOC(=O)NC1CC(C)(C)CC(C)(CNC(C)=O)C1. The molecule has 12 heteroatoms. The molecule has 1 saturated carbocycles. The maximum atomic E-state index is 12.5. The molecule has 1 aliphatic carbocycles. The van der Waals surface area contributed by atoms with E-state index in [1.165, 1.54) is 6.92 Å². The minimum atomic E-state index is -2.24. The van der Waals surface area contributed by atoms with Crippen LogP contribution in [-0.2, 0) is 27.2 Å². The van der Waals surface area contributed by atoms with Crippen LogP contribution in [-0.4, -0.2) is 76.4 Å². The van der Waals surface area contributed by atoms with Crippen LogP contribution in [0, 0.1) is 10.8 Å². The van der Waals surface area contributed by atoms with Crippen LogP contribution >= 0.6 is 0 Å². The monoisotopic (exact) mass is 620 g/mol. The average molecular weight is 621 g/mol. The molecule has 0 bridgehead atoms. The number of amides is 2. The lowest BCUT2D eigenvalue weighted by molar-refractivity contribution is -0.119. The molecular weight excluding hydrogens is 561 g/mol. The van der Waals surface area contributed by atoms with Crippen LogP contribution in [0.2, 0.25) is 51.4 Å². The molecule has 0 heterocycles. The summed E-state index contributed by atoms with van der Waals surface area (Å²) in [5, 5.41) is 5.96. The molecule has 9 nitrogen and oxygen atoms in total. The third-order valence-electron chi connectivity index (χ3n) is 7.19. The Hall–Kier alpha value is -0.769. The van der Waals surface area contributed by atoms with Crippen LogP contribution in [0.25, 0.3) is 0 Å². The molecule has 0 radical (unpaired) electrons. The van der Waals surface area contributed by atoms with E-state index in [4.69, 9.17) is 22.4 Å². The van der Waals surface area contributed by atoms with Gasteiger partial charge in [-0.3, -0.25) is 4.79 Å². The minimum absolute atomic E-state index is 0.00795. The molecule has 1 fully saturated rings. The lowest BCUT2D eigenvalue weighted by Gasteiger charge is -2.46. The van der Waals surface area contributed by atoms with Gasteiger partial charge < -0.3 is 33.1 Å². The number of carbonyl (C=O) groups excluding carboxylic acids is 2. The molecule has 40 heavy (non-hydrogen) atoms. The van der Waals surface area contributed by atoms with Gasteiger partial charge in [-0.15, -0.1) is 0 Å². The maximum absolute atomic E-state index is 12.5. The fraction of sp³-hybridized carbons (Fsp3) is 0.929. The highest BCUT2D eigenvalue weighted by molar-refractivity contribution is 6.87. The maximum Gasteiger partial charge on any atom is 0.409 e. The van der Waals surface area contributed by atoms with Crippen molar-refractivity contribution >= 4 is 37.2 Å². The molecule has 1 aliphatic rings. The molecule has 0 saturated heterocycles. The normalized spacial score (nSPS) is 21.6. The second kappa shape index (κ2) is 16.2. The van der Waals surface area contributed by atoms with E-state index in [0.717, 1.165) is 57.4 Å². The fourth-order valence-corrected chi connectivity index (χ4v) is 20.4. The van der Waals surface area contributed by atoms with Crippen LogP contribution in [0.4, 0.5) is 4.79 Å². The van der Waals surface area contributed by atoms with E-state index in [9.17, 15) is 9.59 Å². The summed E-state index contributed by atoms with van der Waals surface area (Å²) in [7, 11) is -5.98. The van der Waals surface area contributed by atoms with Crippen LogP contribution in [0.3, 0.4) is 0 Å². The number of ether oxygens (including phenoxy) is 3. The standard InChI is InChI=1S/C28H60N2O7Si3/c1-12-33-15-13-17-38(6,7)36-40(10,11)37-39(8,9)18-14-16-34-23-35-26(32)30-25-19-27(3,4)21-28(5,20-25)22-29-24(2)31/h25H,12-23H2,1-11H3,(H,29,31)(H,30,32). The van der Waals surface area contributed by atoms with Gasteiger partial charge in [-0.2, -0.15) is 0 Å². The van der Waals surface area contributed by atoms with Gasteiger partial charge in [-0.25, -0.2) is 4.79 Å². The summed E-state index contributed by atoms with van der Waals surface area (Å²) in [6.07, 6.45) is 4.08. The first-order valence-corrected chi connectivity index (χ1v) is 24.1. The van der Waals surface area contributed by atoms with Gasteiger partial charge in [-0.1, -0.05) is 20.8 Å². The van der Waals surface area contributed by atoms with E-state index in [0.29, 0.717) is 13.2 Å². The van der Waals surface area contributed by atoms with Gasteiger partial charge in [0.25, 0.3) is 0 Å². The van der Waals surface area contributed by atoms with Crippen molar-refractivity contribution in [2.75, 3.05) is 33.2 Å². The first-order valence-electron chi connectivity index (χ1n) is 15.0. The summed E-state index contributed by atoms with van der Waals surface area (Å²) in [5.41, 5.74) is -0.0205. The van der Waals surface area contributed by atoms with E-state index >= 15 is 0 Å². The van der Waals surface area contributed by atoms with E-state index in [1.807, 2.05) is 6.92 Å². The van der Waals surface area contributed by atoms with Crippen LogP contribution in [0.5, 0.6) is 0 Å². The lowest BCUT2D eigenvalue weighted by Crippen LogP contribution is -2.52. The number of alkyl carbamates (subject to hydrolysis) is 1. The third-order valence-corrected chi connectivity index (χ3v) is 18.7. The van der Waals surface area contributed by atoms with Crippen molar-refractivity contribution in [3.8, 4) is 0 Å². The molecule has 0 aromatic rings. The van der Waals surface area contributed by atoms with Crippen molar-refractivity contribution in [2.45, 2.75) is 124 Å². The Kier molecular flexibility index (Phi) is 15.1. The van der Waals surface area contributed by atoms with Gasteiger partial charge in [0, 0.05) is 32.7 Å². The summed E-state index contributed by atoms with van der Waals surface area (Å²) in [6, 6.07) is 2.02. The van der Waals surface area contributed by atoms with Gasteiger partial charge in [0.2, 0.25) is 5.91 Å². The fourth-order valence-electron chi connectivity index (χ4n) is 6.37. The quantitative estimate of drug-likeness (QED) is 0.104. The van der Waals surface area contributed by atoms with E-state index in [1.54, 1.807) is 0 Å². The minimum Gasteiger partial charge on any atom is -0.437 e. The molecule has 0 aromatic heterocycles. The summed E-state index contributed by atoms with van der Waals surface area (Å²) in [6.45, 7) is 26.1. The van der Waals surface area contributed by atoms with Crippen molar-refractivity contribution in [3.05, 3.63) is 0 Å². The smallest absolute Gasteiger partial charge is 0.409 e. The topological polar surface area (TPSA) is 104 Å². The Morgan fingerprint density at radius 3 is 1.95 bits per heavy atom. The molecular formula is C28H60N2O7Si3. The zero-order valence-electron chi connectivity index (χ0n) is 27.4. The molecule has 2 atom stereocenters. The van der Waals surface area contributed by atoms with Crippen molar-refractivity contribution < 1.29 is 32.0 Å². The Balaban J connectivity index is 2.36. The first-order chi connectivity index (χ1) is 18.3. The van der Waals surface area contributed by atoms with Crippen LogP contribution in [0.15, 0.2) is 0 Å². The highest BCUT2D eigenvalue weighted by atomic mass is 28.5. The Morgan fingerprint density at radius 2 is 1.43 bits per heavy atom. The predicted octanol–water partition coefficient (Wildman–Crippen LogP) is 6.37. The largest absolute Gasteiger partial charge is 0.437 e. The zero-order chi connectivity index (χ0) is 30.7. The summed E-state index contributed by atoms with van der Waals surface area (Å²) in [5.74, 6) is -0.0305. The Morgan fingerprint density at radius 1 is 0.875 bits per heavy atom. The Bertz CT molecular complexity index is 796. The van der Waals surface area contributed by atoms with Crippen LogP contribution < -0.4 is 10.6 Å². The van der Waals surface area contributed by atoms with Gasteiger partial charge in [-0.05, 0) is 101 Å².